The summed E-state index contributed by atoms with van der Waals surface area (Å²) in [6.07, 6.45) is 5.25. The average Bonchev–Trinajstić information content (AvgIpc) is 2.86. The minimum Gasteiger partial charge on any atom is -0.486 e. The predicted octanol–water partition coefficient (Wildman–Crippen LogP) is 7.85. The molecule has 0 unspecified atom stereocenters. The summed E-state index contributed by atoms with van der Waals surface area (Å²) in [6.45, 7) is 5.83. The fraction of sp³-hybridized carbons (Fsp3) is 0.276. The lowest BCUT2D eigenvalue weighted by Crippen LogP contribution is -2.13. The van der Waals surface area contributed by atoms with E-state index < -0.39 is 23.4 Å². The molecule has 182 valence electrons. The first-order chi connectivity index (χ1) is 16.9. The Hall–Kier alpha value is -3.54. The van der Waals surface area contributed by atoms with E-state index in [1.54, 1.807) is 12.1 Å². The Balaban J connectivity index is 1.47. The third-order valence-electron chi connectivity index (χ3n) is 6.47. The number of ether oxygens (including phenoxy) is 2. The van der Waals surface area contributed by atoms with Crippen molar-refractivity contribution in [2.75, 3.05) is 6.61 Å². The van der Waals surface area contributed by atoms with E-state index in [2.05, 4.69) is 13.5 Å². The summed E-state index contributed by atoms with van der Waals surface area (Å²) < 4.78 is 54.3. The van der Waals surface area contributed by atoms with Crippen LogP contribution in [-0.4, -0.2) is 12.6 Å². The second kappa shape index (κ2) is 10.8. The highest BCUT2D eigenvalue weighted by Crippen LogP contribution is 2.38. The lowest BCUT2D eigenvalue weighted by molar-refractivity contribution is 0.0734. The van der Waals surface area contributed by atoms with Gasteiger partial charge in [0.15, 0.2) is 23.2 Å². The van der Waals surface area contributed by atoms with E-state index in [0.717, 1.165) is 31.7 Å². The minimum absolute atomic E-state index is 0.0170. The van der Waals surface area contributed by atoms with Gasteiger partial charge in [0.2, 0.25) is 0 Å². The molecule has 1 aliphatic carbocycles. The van der Waals surface area contributed by atoms with Crippen molar-refractivity contribution in [2.24, 2.45) is 5.92 Å². The number of carbonyl (C=O) groups excluding carboxylic acids is 1. The van der Waals surface area contributed by atoms with Gasteiger partial charge >= 0.3 is 5.97 Å². The molecule has 0 atom stereocenters. The molecule has 0 aliphatic heterocycles. The molecule has 0 radical (unpaired) electrons. The molecule has 3 aromatic rings. The van der Waals surface area contributed by atoms with Crippen LogP contribution in [0.15, 0.2) is 67.3 Å². The van der Waals surface area contributed by atoms with Crippen LogP contribution in [0.5, 0.6) is 11.5 Å². The lowest BCUT2D eigenvalue weighted by atomic mass is 9.79. The number of hydrogen-bond acceptors (Lipinski definition) is 3. The Kier molecular flexibility index (Phi) is 7.59. The molecule has 35 heavy (non-hydrogen) atoms. The SMILES string of the molecule is C=CCOc1ccc(OC(=O)c2ccc(-c3ccc(C4CCC(C)CC4)c(F)c3F)cc2)cc1F. The topological polar surface area (TPSA) is 35.5 Å². The van der Waals surface area contributed by atoms with Crippen molar-refractivity contribution < 1.29 is 27.4 Å². The fourth-order valence-electron chi connectivity index (χ4n) is 4.44. The van der Waals surface area contributed by atoms with Crippen molar-refractivity contribution in [1.29, 1.82) is 0 Å². The smallest absolute Gasteiger partial charge is 0.343 e. The molecule has 1 fully saturated rings. The van der Waals surface area contributed by atoms with Crippen molar-refractivity contribution in [2.45, 2.75) is 38.5 Å². The van der Waals surface area contributed by atoms with E-state index in [9.17, 15) is 18.0 Å². The fourth-order valence-corrected chi connectivity index (χ4v) is 4.44. The zero-order chi connectivity index (χ0) is 24.9. The average molecular weight is 481 g/mol. The lowest BCUT2D eigenvalue weighted by Gasteiger charge is -2.27. The molecular formula is C29H27F3O3. The second-order valence-electron chi connectivity index (χ2n) is 8.95. The Labute approximate surface area is 203 Å². The van der Waals surface area contributed by atoms with Gasteiger partial charge in [-0.15, -0.1) is 0 Å². The van der Waals surface area contributed by atoms with Crippen molar-refractivity contribution in [3.63, 3.8) is 0 Å². The molecule has 0 saturated heterocycles. The number of halogens is 3. The van der Waals surface area contributed by atoms with E-state index in [1.807, 2.05) is 0 Å². The van der Waals surface area contributed by atoms with Crippen LogP contribution in [0.3, 0.4) is 0 Å². The maximum atomic E-state index is 15.0. The summed E-state index contributed by atoms with van der Waals surface area (Å²) in [5, 5.41) is 0. The zero-order valence-corrected chi connectivity index (χ0v) is 19.5. The standard InChI is InChI=1S/C29H27F3O3/c1-3-16-34-26-15-12-22(17-25(26)30)35-29(33)21-10-8-20(9-11-21)24-14-13-23(27(31)28(24)32)19-6-4-18(2)5-7-19/h3,8-15,17-19H,1,4-7,16H2,2H3. The summed E-state index contributed by atoms with van der Waals surface area (Å²) >= 11 is 0. The van der Waals surface area contributed by atoms with E-state index >= 15 is 0 Å². The van der Waals surface area contributed by atoms with Crippen LogP contribution >= 0.6 is 0 Å². The molecule has 6 heteroatoms. The van der Waals surface area contributed by atoms with E-state index in [4.69, 9.17) is 9.47 Å². The van der Waals surface area contributed by atoms with E-state index in [-0.39, 0.29) is 35.2 Å². The number of benzene rings is 3. The summed E-state index contributed by atoms with van der Waals surface area (Å²) in [5.74, 6) is -2.35. The molecular weight excluding hydrogens is 453 g/mol. The number of hydrogen-bond donors (Lipinski definition) is 0. The molecule has 3 aromatic carbocycles. The van der Waals surface area contributed by atoms with Gasteiger partial charge in [-0.1, -0.05) is 56.7 Å². The van der Waals surface area contributed by atoms with Gasteiger partial charge in [0, 0.05) is 11.6 Å². The van der Waals surface area contributed by atoms with Crippen LogP contribution < -0.4 is 9.47 Å². The van der Waals surface area contributed by atoms with Crippen molar-refractivity contribution >= 4 is 5.97 Å². The third kappa shape index (κ3) is 5.59. The Bertz CT molecular complexity index is 1210. The van der Waals surface area contributed by atoms with Gasteiger partial charge in [-0.2, -0.15) is 0 Å². The van der Waals surface area contributed by atoms with Gasteiger partial charge in [-0.05, 0) is 60.1 Å². The first kappa shape index (κ1) is 24.6. The van der Waals surface area contributed by atoms with E-state index in [1.165, 1.54) is 42.5 Å². The number of esters is 1. The highest BCUT2D eigenvalue weighted by Gasteiger charge is 2.25. The second-order valence-corrected chi connectivity index (χ2v) is 8.95. The summed E-state index contributed by atoms with van der Waals surface area (Å²) in [6, 6.07) is 13.1. The molecule has 4 rings (SSSR count). The van der Waals surface area contributed by atoms with Crippen LogP contribution in [0.4, 0.5) is 13.2 Å². The van der Waals surface area contributed by atoms with Gasteiger partial charge in [0.1, 0.15) is 12.4 Å². The summed E-state index contributed by atoms with van der Waals surface area (Å²) in [4.78, 5) is 12.5. The van der Waals surface area contributed by atoms with Crippen LogP contribution in [0.2, 0.25) is 0 Å². The van der Waals surface area contributed by atoms with Gasteiger partial charge in [-0.3, -0.25) is 0 Å². The number of rotatable bonds is 7. The first-order valence-electron chi connectivity index (χ1n) is 11.7. The molecule has 1 saturated carbocycles. The van der Waals surface area contributed by atoms with Crippen molar-refractivity contribution in [3.8, 4) is 22.6 Å². The van der Waals surface area contributed by atoms with E-state index in [0.29, 0.717) is 17.0 Å². The van der Waals surface area contributed by atoms with Crippen LogP contribution in [-0.2, 0) is 0 Å². The van der Waals surface area contributed by atoms with Gasteiger partial charge < -0.3 is 9.47 Å². The molecule has 3 nitrogen and oxygen atoms in total. The number of carbonyl (C=O) groups is 1. The Morgan fingerprint density at radius 1 is 0.971 bits per heavy atom. The largest absolute Gasteiger partial charge is 0.486 e. The molecule has 0 bridgehead atoms. The normalized spacial score (nSPS) is 17.6. The quantitative estimate of drug-likeness (QED) is 0.196. The van der Waals surface area contributed by atoms with Crippen LogP contribution in [0.25, 0.3) is 11.1 Å². The highest BCUT2D eigenvalue weighted by atomic mass is 19.2. The molecule has 0 spiro atoms. The molecule has 0 heterocycles. The van der Waals surface area contributed by atoms with Crippen LogP contribution in [0.1, 0.15) is 54.4 Å². The monoisotopic (exact) mass is 480 g/mol. The Morgan fingerprint density at radius 3 is 2.34 bits per heavy atom. The highest BCUT2D eigenvalue weighted by molar-refractivity contribution is 5.91. The molecule has 0 amide bonds. The predicted molar refractivity (Wildman–Crippen MR) is 129 cm³/mol. The first-order valence-corrected chi connectivity index (χ1v) is 11.7. The minimum atomic E-state index is -0.884. The van der Waals surface area contributed by atoms with Gasteiger partial charge in [0.05, 0.1) is 5.56 Å². The zero-order valence-electron chi connectivity index (χ0n) is 19.5. The summed E-state index contributed by atoms with van der Waals surface area (Å²) in [5.41, 5.74) is 1.20. The Morgan fingerprint density at radius 2 is 1.69 bits per heavy atom. The van der Waals surface area contributed by atoms with Crippen molar-refractivity contribution in [1.82, 2.24) is 0 Å². The van der Waals surface area contributed by atoms with Crippen molar-refractivity contribution in [3.05, 3.63) is 95.8 Å². The van der Waals surface area contributed by atoms with Gasteiger partial charge in [0.25, 0.3) is 0 Å². The molecule has 0 N–H and O–H groups in total. The van der Waals surface area contributed by atoms with Crippen LogP contribution in [0, 0.1) is 23.4 Å². The summed E-state index contributed by atoms with van der Waals surface area (Å²) in [7, 11) is 0. The maximum absolute atomic E-state index is 15.0. The maximum Gasteiger partial charge on any atom is 0.343 e. The molecule has 1 aliphatic rings. The van der Waals surface area contributed by atoms with Gasteiger partial charge in [-0.25, -0.2) is 18.0 Å². The molecule has 0 aromatic heterocycles. The third-order valence-corrected chi connectivity index (χ3v) is 6.47.